The molecule has 2 rings (SSSR count). The molecule has 1 amide bonds. The highest BCUT2D eigenvalue weighted by Crippen LogP contribution is 2.25. The van der Waals surface area contributed by atoms with Gasteiger partial charge in [-0.05, 0) is 24.5 Å². The highest BCUT2D eigenvalue weighted by atomic mass is 32.2. The minimum atomic E-state index is -0.729. The first-order chi connectivity index (χ1) is 12.8. The summed E-state index contributed by atoms with van der Waals surface area (Å²) in [6.45, 7) is -0.588. The van der Waals surface area contributed by atoms with Crippen molar-refractivity contribution in [2.45, 2.75) is 4.90 Å². The van der Waals surface area contributed by atoms with Crippen LogP contribution in [0.2, 0.25) is 0 Å². The van der Waals surface area contributed by atoms with Crippen LogP contribution in [0.5, 0.6) is 5.75 Å². The Morgan fingerprint density at radius 1 is 1.15 bits per heavy atom. The van der Waals surface area contributed by atoms with E-state index in [1.807, 2.05) is 6.26 Å². The van der Waals surface area contributed by atoms with Crippen LogP contribution in [0.15, 0.2) is 38.8 Å². The topological polar surface area (TPSA) is 109 Å². The molecule has 2 aromatic rings. The van der Waals surface area contributed by atoms with E-state index in [-0.39, 0.29) is 11.4 Å². The van der Waals surface area contributed by atoms with E-state index in [4.69, 9.17) is 9.47 Å². The molecule has 0 spiro atoms. The van der Waals surface area contributed by atoms with Crippen molar-refractivity contribution in [1.29, 1.82) is 0 Å². The molecule has 0 unspecified atom stereocenters. The average Bonchev–Trinajstić information content (AvgIpc) is 2.67. The monoisotopic (exact) mass is 393 g/mol. The number of ether oxygens (including phenoxy) is 2. The van der Waals surface area contributed by atoms with Crippen LogP contribution < -0.4 is 21.3 Å². The molecule has 1 aromatic heterocycles. The Kier molecular flexibility index (Phi) is 6.45. The first-order valence-corrected chi connectivity index (χ1v) is 8.97. The molecule has 10 heteroatoms. The number of esters is 1. The van der Waals surface area contributed by atoms with Gasteiger partial charge in [0.25, 0.3) is 11.5 Å². The summed E-state index contributed by atoms with van der Waals surface area (Å²) in [4.78, 5) is 48.6. The number of thioether (sulfide) groups is 1. The number of amides is 1. The van der Waals surface area contributed by atoms with Gasteiger partial charge >= 0.3 is 11.7 Å². The molecule has 0 bridgehead atoms. The minimum absolute atomic E-state index is 0.00560. The number of rotatable bonds is 6. The summed E-state index contributed by atoms with van der Waals surface area (Å²) < 4.78 is 12.2. The van der Waals surface area contributed by atoms with Crippen LogP contribution in [0.25, 0.3) is 0 Å². The quantitative estimate of drug-likeness (QED) is 0.566. The normalized spacial score (nSPS) is 10.4. The van der Waals surface area contributed by atoms with Crippen molar-refractivity contribution in [2.24, 2.45) is 14.1 Å². The van der Waals surface area contributed by atoms with E-state index in [1.54, 1.807) is 18.2 Å². The lowest BCUT2D eigenvalue weighted by atomic mass is 10.2. The van der Waals surface area contributed by atoms with E-state index in [2.05, 4.69) is 5.32 Å². The molecule has 1 aromatic carbocycles. The largest absolute Gasteiger partial charge is 0.496 e. The highest BCUT2D eigenvalue weighted by molar-refractivity contribution is 7.98. The summed E-state index contributed by atoms with van der Waals surface area (Å²) in [5.41, 5.74) is -0.971. The van der Waals surface area contributed by atoms with Crippen LogP contribution in [0.4, 0.5) is 5.82 Å². The van der Waals surface area contributed by atoms with E-state index < -0.39 is 29.7 Å². The van der Waals surface area contributed by atoms with Crippen LogP contribution in [-0.4, -0.2) is 41.0 Å². The number of carbonyl (C=O) groups is 2. The van der Waals surface area contributed by atoms with Gasteiger partial charge in [-0.1, -0.05) is 0 Å². The number of nitrogens with one attached hydrogen (secondary N) is 1. The molecule has 0 radical (unpaired) electrons. The Labute approximate surface area is 158 Å². The fraction of sp³-hybridized carbons (Fsp3) is 0.294. The molecule has 0 atom stereocenters. The number of hydrogen-bond acceptors (Lipinski definition) is 7. The number of methoxy groups -OCH3 is 1. The third kappa shape index (κ3) is 4.59. The Morgan fingerprint density at radius 2 is 1.85 bits per heavy atom. The minimum Gasteiger partial charge on any atom is -0.496 e. The van der Waals surface area contributed by atoms with Gasteiger partial charge in [0, 0.05) is 25.1 Å². The second-order valence-corrected chi connectivity index (χ2v) is 6.34. The summed E-state index contributed by atoms with van der Waals surface area (Å²) in [5, 5.41) is 2.37. The number of hydrogen-bond donors (Lipinski definition) is 1. The van der Waals surface area contributed by atoms with Crippen LogP contribution in [0.1, 0.15) is 10.4 Å². The van der Waals surface area contributed by atoms with Crippen molar-refractivity contribution in [3.05, 3.63) is 50.7 Å². The maximum absolute atomic E-state index is 12.2. The zero-order valence-corrected chi connectivity index (χ0v) is 16.1. The molecule has 144 valence electrons. The second kappa shape index (κ2) is 8.58. The molecular formula is C17H19N3O6S. The number of carbonyl (C=O) groups excluding carboxylic acids is 2. The van der Waals surface area contributed by atoms with Crippen LogP contribution in [0.3, 0.4) is 0 Å². The zero-order valence-electron chi connectivity index (χ0n) is 15.3. The van der Waals surface area contributed by atoms with E-state index in [1.165, 1.54) is 33.0 Å². The first-order valence-electron chi connectivity index (χ1n) is 7.74. The molecular weight excluding hydrogens is 374 g/mol. The molecule has 1 N–H and O–H groups in total. The number of nitrogens with zero attached hydrogens (tertiary/aromatic N) is 2. The number of aromatic nitrogens is 2. The van der Waals surface area contributed by atoms with Crippen molar-refractivity contribution in [3.63, 3.8) is 0 Å². The molecule has 0 aliphatic carbocycles. The maximum Gasteiger partial charge on any atom is 0.342 e. The molecule has 27 heavy (non-hydrogen) atoms. The molecule has 0 aliphatic rings. The highest BCUT2D eigenvalue weighted by Gasteiger charge is 2.17. The molecule has 1 heterocycles. The lowest BCUT2D eigenvalue weighted by molar-refractivity contribution is -0.119. The fourth-order valence-corrected chi connectivity index (χ4v) is 2.64. The van der Waals surface area contributed by atoms with Crippen molar-refractivity contribution < 1.29 is 19.1 Å². The van der Waals surface area contributed by atoms with Gasteiger partial charge in [0.15, 0.2) is 6.61 Å². The standard InChI is InChI=1S/C17H19N3O6S/c1-19-13(8-15(22)20(2)17(19)24)18-14(21)9-26-16(23)11-6-5-10(27-4)7-12(11)25-3/h5-8H,9H2,1-4H3,(H,18,21). The van der Waals surface area contributed by atoms with Crippen molar-refractivity contribution in [2.75, 3.05) is 25.3 Å². The Morgan fingerprint density at radius 3 is 2.48 bits per heavy atom. The first kappa shape index (κ1) is 20.3. The third-order valence-corrected chi connectivity index (χ3v) is 4.48. The molecule has 0 aliphatic heterocycles. The molecule has 9 nitrogen and oxygen atoms in total. The summed E-state index contributed by atoms with van der Waals surface area (Å²) in [5.74, 6) is -1.08. The SMILES string of the molecule is COc1cc(SC)ccc1C(=O)OCC(=O)Nc1cc(=O)n(C)c(=O)n1C. The smallest absolute Gasteiger partial charge is 0.342 e. The van der Waals surface area contributed by atoms with Crippen molar-refractivity contribution in [1.82, 2.24) is 9.13 Å². The van der Waals surface area contributed by atoms with Gasteiger partial charge in [-0.2, -0.15) is 0 Å². The third-order valence-electron chi connectivity index (χ3n) is 3.76. The lowest BCUT2D eigenvalue weighted by Gasteiger charge is -2.12. The summed E-state index contributed by atoms with van der Waals surface area (Å²) in [6, 6.07) is 6.08. The predicted octanol–water partition coefficient (Wildman–Crippen LogP) is 0.610. The summed E-state index contributed by atoms with van der Waals surface area (Å²) >= 11 is 1.49. The van der Waals surface area contributed by atoms with E-state index in [0.717, 1.165) is 20.1 Å². The van der Waals surface area contributed by atoms with Crippen molar-refractivity contribution in [3.8, 4) is 5.75 Å². The van der Waals surface area contributed by atoms with E-state index in [0.29, 0.717) is 5.75 Å². The predicted molar refractivity (Wildman–Crippen MR) is 101 cm³/mol. The van der Waals surface area contributed by atoms with Gasteiger partial charge in [-0.15, -0.1) is 11.8 Å². The molecule has 0 saturated carbocycles. The van der Waals surface area contributed by atoms with Gasteiger partial charge in [-0.25, -0.2) is 9.59 Å². The van der Waals surface area contributed by atoms with Gasteiger partial charge in [0.2, 0.25) is 0 Å². The van der Waals surface area contributed by atoms with Gasteiger partial charge in [-0.3, -0.25) is 18.7 Å². The van der Waals surface area contributed by atoms with Gasteiger partial charge in [0.1, 0.15) is 17.1 Å². The Hall–Kier alpha value is -3.01. The van der Waals surface area contributed by atoms with Crippen LogP contribution in [0, 0.1) is 0 Å². The lowest BCUT2D eigenvalue weighted by Crippen LogP contribution is -2.38. The van der Waals surface area contributed by atoms with E-state index in [9.17, 15) is 19.2 Å². The summed E-state index contributed by atoms with van der Waals surface area (Å²) in [7, 11) is 4.16. The maximum atomic E-state index is 12.2. The van der Waals surface area contributed by atoms with Gasteiger partial charge < -0.3 is 14.8 Å². The van der Waals surface area contributed by atoms with Crippen LogP contribution in [-0.2, 0) is 23.6 Å². The van der Waals surface area contributed by atoms with Crippen molar-refractivity contribution >= 4 is 29.5 Å². The Bertz CT molecular complexity index is 995. The van der Waals surface area contributed by atoms with Gasteiger partial charge in [0.05, 0.1) is 7.11 Å². The van der Waals surface area contributed by atoms with E-state index >= 15 is 0 Å². The average molecular weight is 393 g/mol. The fourth-order valence-electron chi connectivity index (χ4n) is 2.21. The number of benzene rings is 1. The Balaban J connectivity index is 2.07. The summed E-state index contributed by atoms with van der Waals surface area (Å²) in [6.07, 6.45) is 1.89. The second-order valence-electron chi connectivity index (χ2n) is 5.46. The number of anilines is 1. The zero-order chi connectivity index (χ0) is 20.1. The molecule has 0 saturated heterocycles. The molecule has 0 fully saturated rings. The van der Waals surface area contributed by atoms with Crippen LogP contribution >= 0.6 is 11.8 Å².